The molecule has 0 radical (unpaired) electrons. The lowest BCUT2D eigenvalue weighted by atomic mass is 9.87. The number of ether oxygens (including phenoxy) is 1. The summed E-state index contributed by atoms with van der Waals surface area (Å²) in [5, 5.41) is 0. The van der Waals surface area contributed by atoms with Crippen LogP contribution in [0.5, 0.6) is 5.75 Å². The van der Waals surface area contributed by atoms with E-state index in [0.717, 1.165) is 42.6 Å². The van der Waals surface area contributed by atoms with Crippen molar-refractivity contribution in [2.45, 2.75) is 62.8 Å². The first kappa shape index (κ1) is 20.9. The average Bonchev–Trinajstić information content (AvgIpc) is 2.94. The molecule has 1 aliphatic rings. The Bertz CT molecular complexity index is 881. The van der Waals surface area contributed by atoms with Gasteiger partial charge in [-0.3, -0.25) is 0 Å². The highest BCUT2D eigenvalue weighted by Gasteiger charge is 2.33. The van der Waals surface area contributed by atoms with Crippen molar-refractivity contribution >= 4 is 10.0 Å². The molecule has 0 aliphatic carbocycles. The van der Waals surface area contributed by atoms with Gasteiger partial charge in [0.1, 0.15) is 5.75 Å². The van der Waals surface area contributed by atoms with Crippen molar-refractivity contribution < 1.29 is 13.2 Å². The van der Waals surface area contributed by atoms with E-state index in [0.29, 0.717) is 11.4 Å². The summed E-state index contributed by atoms with van der Waals surface area (Å²) < 4.78 is 34.0. The molecule has 0 N–H and O–H groups in total. The van der Waals surface area contributed by atoms with Crippen LogP contribution in [0, 0.1) is 0 Å². The standard InChI is InChI=1S/C23H31NO3S/c1-23(2,3)19-11-15-21(16-12-19)28(25,26)24-17-7-5-6-8-22(24)18-9-13-20(27-4)14-10-18/h9-16,22H,5-8,17H2,1-4H3/t22-/m1/s1. The first-order valence-corrected chi connectivity index (χ1v) is 11.4. The molecule has 0 unspecified atom stereocenters. The van der Waals surface area contributed by atoms with Gasteiger partial charge in [-0.1, -0.05) is 57.9 Å². The number of hydrogen-bond donors (Lipinski definition) is 0. The Hall–Kier alpha value is -1.85. The smallest absolute Gasteiger partial charge is 0.243 e. The van der Waals surface area contributed by atoms with Crippen molar-refractivity contribution in [1.29, 1.82) is 0 Å². The van der Waals surface area contributed by atoms with Gasteiger partial charge < -0.3 is 4.74 Å². The fourth-order valence-corrected chi connectivity index (χ4v) is 5.47. The second-order valence-electron chi connectivity index (χ2n) is 8.53. The second-order valence-corrected chi connectivity index (χ2v) is 10.4. The number of nitrogens with zero attached hydrogens (tertiary/aromatic N) is 1. The van der Waals surface area contributed by atoms with Gasteiger partial charge in [0, 0.05) is 6.54 Å². The van der Waals surface area contributed by atoms with E-state index in [1.54, 1.807) is 23.5 Å². The molecule has 1 saturated heterocycles. The molecule has 0 amide bonds. The molecule has 3 rings (SSSR count). The van der Waals surface area contributed by atoms with Crippen LogP contribution in [0.2, 0.25) is 0 Å². The fourth-order valence-electron chi connectivity index (χ4n) is 3.79. The van der Waals surface area contributed by atoms with Gasteiger partial charge in [0.15, 0.2) is 0 Å². The molecule has 2 aromatic carbocycles. The normalized spacial score (nSPS) is 19.2. The van der Waals surface area contributed by atoms with E-state index in [9.17, 15) is 8.42 Å². The van der Waals surface area contributed by atoms with Gasteiger partial charge in [0.25, 0.3) is 0 Å². The molecule has 1 aliphatic heterocycles. The SMILES string of the molecule is COc1ccc([C@H]2CCCCCN2S(=O)(=O)c2ccc(C(C)(C)C)cc2)cc1. The lowest BCUT2D eigenvalue weighted by molar-refractivity contribution is 0.328. The molecule has 152 valence electrons. The van der Waals surface area contributed by atoms with Crippen molar-refractivity contribution in [1.82, 2.24) is 4.31 Å². The summed E-state index contributed by atoms with van der Waals surface area (Å²) in [7, 11) is -1.92. The predicted molar refractivity (Wildman–Crippen MR) is 113 cm³/mol. The molecule has 0 aromatic heterocycles. The van der Waals surface area contributed by atoms with Crippen LogP contribution in [0.15, 0.2) is 53.4 Å². The highest BCUT2D eigenvalue weighted by atomic mass is 32.2. The number of sulfonamides is 1. The van der Waals surface area contributed by atoms with E-state index in [1.165, 1.54) is 0 Å². The van der Waals surface area contributed by atoms with Crippen LogP contribution >= 0.6 is 0 Å². The van der Waals surface area contributed by atoms with Gasteiger partial charge in [-0.05, 0) is 53.6 Å². The van der Waals surface area contributed by atoms with Gasteiger partial charge in [0.05, 0.1) is 18.0 Å². The molecular weight excluding hydrogens is 370 g/mol. The number of hydrogen-bond acceptors (Lipinski definition) is 3. The van der Waals surface area contributed by atoms with Crippen molar-refractivity contribution in [3.05, 3.63) is 59.7 Å². The Kier molecular flexibility index (Phi) is 6.15. The minimum Gasteiger partial charge on any atom is -0.497 e. The summed E-state index contributed by atoms with van der Waals surface area (Å²) in [5.74, 6) is 0.782. The van der Waals surface area contributed by atoms with Crippen LogP contribution < -0.4 is 4.74 Å². The third kappa shape index (κ3) is 4.41. The summed E-state index contributed by atoms with van der Waals surface area (Å²) >= 11 is 0. The molecule has 2 aromatic rings. The maximum Gasteiger partial charge on any atom is 0.243 e. The topological polar surface area (TPSA) is 46.6 Å². The van der Waals surface area contributed by atoms with E-state index >= 15 is 0 Å². The largest absolute Gasteiger partial charge is 0.497 e. The zero-order valence-electron chi connectivity index (χ0n) is 17.3. The van der Waals surface area contributed by atoms with E-state index < -0.39 is 10.0 Å². The van der Waals surface area contributed by atoms with E-state index in [-0.39, 0.29) is 11.5 Å². The van der Waals surface area contributed by atoms with Gasteiger partial charge in [-0.15, -0.1) is 0 Å². The van der Waals surface area contributed by atoms with Crippen molar-refractivity contribution in [2.24, 2.45) is 0 Å². The monoisotopic (exact) mass is 401 g/mol. The minimum atomic E-state index is -3.56. The second kappa shape index (κ2) is 8.26. The summed E-state index contributed by atoms with van der Waals surface area (Å²) in [6.07, 6.45) is 3.82. The van der Waals surface area contributed by atoms with Crippen molar-refractivity contribution in [3.8, 4) is 5.75 Å². The average molecular weight is 402 g/mol. The molecular formula is C23H31NO3S. The molecule has 5 heteroatoms. The third-order valence-electron chi connectivity index (χ3n) is 5.53. The first-order valence-electron chi connectivity index (χ1n) is 10.00. The summed E-state index contributed by atoms with van der Waals surface area (Å²) in [6.45, 7) is 6.95. The van der Waals surface area contributed by atoms with E-state index in [2.05, 4.69) is 20.8 Å². The van der Waals surface area contributed by atoms with Gasteiger partial charge in [-0.25, -0.2) is 8.42 Å². The van der Waals surface area contributed by atoms with Crippen LogP contribution in [0.3, 0.4) is 0 Å². The number of methoxy groups -OCH3 is 1. The Morgan fingerprint density at radius 3 is 2.14 bits per heavy atom. The van der Waals surface area contributed by atoms with Crippen LogP contribution in [0.1, 0.15) is 63.6 Å². The number of benzene rings is 2. The van der Waals surface area contributed by atoms with E-state index in [1.807, 2.05) is 36.4 Å². The van der Waals surface area contributed by atoms with Gasteiger partial charge in [-0.2, -0.15) is 4.31 Å². The van der Waals surface area contributed by atoms with E-state index in [4.69, 9.17) is 4.74 Å². The van der Waals surface area contributed by atoms with Crippen LogP contribution in [0.4, 0.5) is 0 Å². The zero-order chi connectivity index (χ0) is 20.4. The van der Waals surface area contributed by atoms with Crippen LogP contribution in [-0.4, -0.2) is 26.4 Å². The van der Waals surface area contributed by atoms with Crippen molar-refractivity contribution in [2.75, 3.05) is 13.7 Å². The fraction of sp³-hybridized carbons (Fsp3) is 0.478. The summed E-state index contributed by atoms with van der Waals surface area (Å²) in [6, 6.07) is 15.0. The third-order valence-corrected chi connectivity index (χ3v) is 7.45. The lowest BCUT2D eigenvalue weighted by Crippen LogP contribution is -2.34. The first-order chi connectivity index (χ1) is 13.2. The van der Waals surface area contributed by atoms with Gasteiger partial charge in [0.2, 0.25) is 10.0 Å². The molecule has 28 heavy (non-hydrogen) atoms. The van der Waals surface area contributed by atoms with Crippen LogP contribution in [-0.2, 0) is 15.4 Å². The molecule has 1 atom stereocenters. The molecule has 1 fully saturated rings. The highest BCUT2D eigenvalue weighted by molar-refractivity contribution is 7.89. The van der Waals surface area contributed by atoms with Gasteiger partial charge >= 0.3 is 0 Å². The summed E-state index contributed by atoms with van der Waals surface area (Å²) in [5.41, 5.74) is 2.16. The Balaban J connectivity index is 1.96. The predicted octanol–water partition coefficient (Wildman–Crippen LogP) is 5.30. The summed E-state index contributed by atoms with van der Waals surface area (Å²) in [4.78, 5) is 0.376. The maximum absolute atomic E-state index is 13.5. The maximum atomic E-state index is 13.5. The highest BCUT2D eigenvalue weighted by Crippen LogP contribution is 2.35. The molecule has 0 bridgehead atoms. The van der Waals surface area contributed by atoms with Crippen molar-refractivity contribution in [3.63, 3.8) is 0 Å². The Morgan fingerprint density at radius 1 is 0.929 bits per heavy atom. The molecule has 0 saturated carbocycles. The molecule has 4 nitrogen and oxygen atoms in total. The quantitative estimate of drug-likeness (QED) is 0.698. The Morgan fingerprint density at radius 2 is 1.57 bits per heavy atom. The zero-order valence-corrected chi connectivity index (χ0v) is 18.1. The Labute approximate surface area is 169 Å². The lowest BCUT2D eigenvalue weighted by Gasteiger charge is -2.30. The minimum absolute atomic E-state index is 0.00345. The molecule has 0 spiro atoms. The van der Waals surface area contributed by atoms with Crippen LogP contribution in [0.25, 0.3) is 0 Å². The number of rotatable bonds is 4. The molecule has 1 heterocycles.